The maximum atomic E-state index is 4.76. The number of rotatable bonds is 6. The van der Waals surface area contributed by atoms with E-state index in [1.54, 1.807) is 16.0 Å². The summed E-state index contributed by atoms with van der Waals surface area (Å²) in [5.74, 6) is 0. The first-order valence-electron chi connectivity index (χ1n) is 8.56. The molecule has 26 heavy (non-hydrogen) atoms. The SMILES string of the molecule is Cn1cc(-c2nc(CNC(c3ccccc3)c3ccccc3)cs2)cn1. The van der Waals surface area contributed by atoms with Crippen LogP contribution in [0.4, 0.5) is 0 Å². The van der Waals surface area contributed by atoms with Crippen molar-refractivity contribution in [3.8, 4) is 10.6 Å². The van der Waals surface area contributed by atoms with Crippen LogP contribution in [0.3, 0.4) is 0 Å². The van der Waals surface area contributed by atoms with E-state index in [-0.39, 0.29) is 6.04 Å². The second kappa shape index (κ2) is 7.64. The van der Waals surface area contributed by atoms with Gasteiger partial charge in [0.25, 0.3) is 0 Å². The van der Waals surface area contributed by atoms with Gasteiger partial charge < -0.3 is 5.32 Å². The summed E-state index contributed by atoms with van der Waals surface area (Å²) in [4.78, 5) is 4.76. The van der Waals surface area contributed by atoms with Crippen molar-refractivity contribution in [2.75, 3.05) is 0 Å². The predicted octanol–water partition coefficient (Wildman–Crippen LogP) is 4.42. The molecule has 0 saturated heterocycles. The second-order valence-electron chi connectivity index (χ2n) is 6.18. The summed E-state index contributed by atoms with van der Waals surface area (Å²) in [6.07, 6.45) is 3.85. The van der Waals surface area contributed by atoms with E-state index in [9.17, 15) is 0 Å². The standard InChI is InChI=1S/C21H20N4S/c1-25-14-18(12-23-25)21-24-19(15-26-21)13-22-20(16-8-4-2-5-9-16)17-10-6-3-7-11-17/h2-12,14-15,20,22H,13H2,1H3. The van der Waals surface area contributed by atoms with E-state index in [2.05, 4.69) is 64.3 Å². The third-order valence-corrected chi connectivity index (χ3v) is 5.20. The Morgan fingerprint density at radius 1 is 1.00 bits per heavy atom. The largest absolute Gasteiger partial charge is 0.301 e. The smallest absolute Gasteiger partial charge is 0.126 e. The molecule has 0 spiro atoms. The molecule has 2 aromatic heterocycles. The first kappa shape index (κ1) is 16.7. The number of thiazole rings is 1. The van der Waals surface area contributed by atoms with E-state index in [0.717, 1.165) is 16.3 Å². The molecule has 4 rings (SSSR count). The number of nitrogens with zero attached hydrogens (tertiary/aromatic N) is 3. The molecular weight excluding hydrogens is 340 g/mol. The summed E-state index contributed by atoms with van der Waals surface area (Å²) in [6.45, 7) is 0.714. The molecule has 0 aliphatic carbocycles. The summed E-state index contributed by atoms with van der Waals surface area (Å²) >= 11 is 1.65. The zero-order valence-corrected chi connectivity index (χ0v) is 15.4. The van der Waals surface area contributed by atoms with Crippen molar-refractivity contribution in [2.45, 2.75) is 12.6 Å². The highest BCUT2D eigenvalue weighted by Gasteiger charge is 2.14. The summed E-state index contributed by atoms with van der Waals surface area (Å²) in [5.41, 5.74) is 4.61. The van der Waals surface area contributed by atoms with Crippen LogP contribution >= 0.6 is 11.3 Å². The van der Waals surface area contributed by atoms with Gasteiger partial charge in [-0.15, -0.1) is 11.3 Å². The van der Waals surface area contributed by atoms with Crippen LogP contribution in [0.1, 0.15) is 22.9 Å². The van der Waals surface area contributed by atoms with Gasteiger partial charge in [-0.2, -0.15) is 5.10 Å². The van der Waals surface area contributed by atoms with E-state index >= 15 is 0 Å². The minimum absolute atomic E-state index is 0.140. The average molecular weight is 360 g/mol. The predicted molar refractivity (Wildman–Crippen MR) is 106 cm³/mol. The molecule has 2 heterocycles. The van der Waals surface area contributed by atoms with Crippen molar-refractivity contribution < 1.29 is 0 Å². The number of hydrogen-bond acceptors (Lipinski definition) is 4. The number of aryl methyl sites for hydroxylation is 1. The van der Waals surface area contributed by atoms with E-state index in [4.69, 9.17) is 4.98 Å². The van der Waals surface area contributed by atoms with Gasteiger partial charge in [0.15, 0.2) is 0 Å². The molecule has 0 saturated carbocycles. The molecule has 4 nitrogen and oxygen atoms in total. The van der Waals surface area contributed by atoms with Crippen LogP contribution in [0.2, 0.25) is 0 Å². The highest BCUT2D eigenvalue weighted by atomic mass is 32.1. The zero-order valence-electron chi connectivity index (χ0n) is 14.5. The monoisotopic (exact) mass is 360 g/mol. The minimum atomic E-state index is 0.140. The van der Waals surface area contributed by atoms with Gasteiger partial charge in [-0.05, 0) is 11.1 Å². The van der Waals surface area contributed by atoms with Crippen LogP contribution in [0.15, 0.2) is 78.4 Å². The molecule has 1 N–H and O–H groups in total. The van der Waals surface area contributed by atoms with Crippen molar-refractivity contribution in [1.82, 2.24) is 20.1 Å². The van der Waals surface area contributed by atoms with Gasteiger partial charge in [0.1, 0.15) is 5.01 Å². The van der Waals surface area contributed by atoms with Crippen LogP contribution in [0.25, 0.3) is 10.6 Å². The van der Waals surface area contributed by atoms with E-state index in [1.807, 2.05) is 31.6 Å². The van der Waals surface area contributed by atoms with Gasteiger partial charge in [0, 0.05) is 30.7 Å². The van der Waals surface area contributed by atoms with Crippen molar-refractivity contribution >= 4 is 11.3 Å². The van der Waals surface area contributed by atoms with Crippen LogP contribution in [-0.4, -0.2) is 14.8 Å². The van der Waals surface area contributed by atoms with Gasteiger partial charge in [-0.3, -0.25) is 4.68 Å². The molecule has 0 fully saturated rings. The topological polar surface area (TPSA) is 42.7 Å². The first-order chi connectivity index (χ1) is 12.8. The van der Waals surface area contributed by atoms with Gasteiger partial charge in [0.05, 0.1) is 17.9 Å². The van der Waals surface area contributed by atoms with Crippen LogP contribution < -0.4 is 5.32 Å². The van der Waals surface area contributed by atoms with Crippen molar-refractivity contribution in [3.63, 3.8) is 0 Å². The molecule has 0 radical (unpaired) electrons. The fourth-order valence-electron chi connectivity index (χ4n) is 2.98. The molecule has 130 valence electrons. The fraction of sp³-hybridized carbons (Fsp3) is 0.143. The lowest BCUT2D eigenvalue weighted by Crippen LogP contribution is -2.22. The van der Waals surface area contributed by atoms with E-state index in [1.165, 1.54) is 11.1 Å². The maximum Gasteiger partial charge on any atom is 0.126 e. The summed E-state index contributed by atoms with van der Waals surface area (Å²) in [7, 11) is 1.92. The fourth-order valence-corrected chi connectivity index (χ4v) is 3.77. The number of benzene rings is 2. The molecule has 5 heteroatoms. The van der Waals surface area contributed by atoms with Crippen LogP contribution in [0, 0.1) is 0 Å². The number of nitrogens with one attached hydrogen (secondary N) is 1. The molecular formula is C21H20N4S. The highest BCUT2D eigenvalue weighted by molar-refractivity contribution is 7.13. The Hall–Kier alpha value is -2.76. The minimum Gasteiger partial charge on any atom is -0.301 e. The average Bonchev–Trinajstić information content (AvgIpc) is 3.33. The normalized spacial score (nSPS) is 11.2. The van der Waals surface area contributed by atoms with Gasteiger partial charge in [0.2, 0.25) is 0 Å². The summed E-state index contributed by atoms with van der Waals surface area (Å²) < 4.78 is 1.80. The summed E-state index contributed by atoms with van der Waals surface area (Å²) in [6, 6.07) is 21.2. The molecule has 0 aliphatic rings. The molecule has 0 amide bonds. The van der Waals surface area contributed by atoms with E-state index in [0.29, 0.717) is 6.54 Å². The molecule has 0 aliphatic heterocycles. The van der Waals surface area contributed by atoms with Gasteiger partial charge >= 0.3 is 0 Å². The lowest BCUT2D eigenvalue weighted by molar-refractivity contribution is 0.599. The molecule has 4 aromatic rings. The molecule has 2 aromatic carbocycles. The first-order valence-corrected chi connectivity index (χ1v) is 9.44. The van der Waals surface area contributed by atoms with Gasteiger partial charge in [-0.1, -0.05) is 60.7 Å². The molecule has 0 bridgehead atoms. The summed E-state index contributed by atoms with van der Waals surface area (Å²) in [5, 5.41) is 11.0. The molecule has 0 atom stereocenters. The number of aromatic nitrogens is 3. The van der Waals surface area contributed by atoms with Crippen molar-refractivity contribution in [2.24, 2.45) is 7.05 Å². The molecule has 0 unspecified atom stereocenters. The van der Waals surface area contributed by atoms with Crippen molar-refractivity contribution in [3.05, 3.63) is 95.3 Å². The second-order valence-corrected chi connectivity index (χ2v) is 7.04. The Bertz CT molecular complexity index is 920. The van der Waals surface area contributed by atoms with E-state index < -0.39 is 0 Å². The Balaban J connectivity index is 1.53. The van der Waals surface area contributed by atoms with Gasteiger partial charge in [-0.25, -0.2) is 4.98 Å². The maximum absolute atomic E-state index is 4.76. The quantitative estimate of drug-likeness (QED) is 0.553. The third-order valence-electron chi connectivity index (χ3n) is 4.26. The highest BCUT2D eigenvalue weighted by Crippen LogP contribution is 2.25. The third kappa shape index (κ3) is 3.74. The zero-order chi connectivity index (χ0) is 17.8. The Labute approximate surface area is 157 Å². The lowest BCUT2D eigenvalue weighted by Gasteiger charge is -2.19. The Kier molecular flexibility index (Phi) is 4.91. The van der Waals surface area contributed by atoms with Crippen LogP contribution in [0.5, 0.6) is 0 Å². The Morgan fingerprint density at radius 3 is 2.23 bits per heavy atom. The van der Waals surface area contributed by atoms with Crippen molar-refractivity contribution in [1.29, 1.82) is 0 Å². The lowest BCUT2D eigenvalue weighted by atomic mass is 9.99. The number of hydrogen-bond donors (Lipinski definition) is 1. The Morgan fingerprint density at radius 2 is 1.65 bits per heavy atom. The van der Waals surface area contributed by atoms with Crippen LogP contribution in [-0.2, 0) is 13.6 Å².